The van der Waals surface area contributed by atoms with Gasteiger partial charge in [0.05, 0.1) is 0 Å². The Balaban J connectivity index is 2.27. The fourth-order valence-corrected chi connectivity index (χ4v) is 4.28. The predicted octanol–water partition coefficient (Wildman–Crippen LogP) is -1.65. The first-order valence-corrected chi connectivity index (χ1v) is 10.2. The highest BCUT2D eigenvalue weighted by Gasteiger charge is 2.56. The monoisotopic (exact) mass is 467 g/mol. The van der Waals surface area contributed by atoms with E-state index in [1.165, 1.54) is 5.38 Å². The van der Waals surface area contributed by atoms with Crippen LogP contribution in [-0.4, -0.2) is 70.7 Å². The van der Waals surface area contributed by atoms with Crippen molar-refractivity contribution < 1.29 is 37.0 Å². The third-order valence-electron chi connectivity index (χ3n) is 3.63. The molecule has 1 aliphatic heterocycles. The Morgan fingerprint density at radius 2 is 2.10 bits per heavy atom. The quantitative estimate of drug-likeness (QED) is 0.132. The van der Waals surface area contributed by atoms with E-state index in [1.54, 1.807) is 0 Å². The third kappa shape index (κ3) is 4.52. The minimum absolute atomic E-state index is 0.0423. The van der Waals surface area contributed by atoms with Crippen LogP contribution in [-0.2, 0) is 34.3 Å². The number of oxime groups is 1. The van der Waals surface area contributed by atoms with Crippen molar-refractivity contribution in [2.45, 2.75) is 24.4 Å². The normalized spacial score (nSPS) is 20.6. The van der Waals surface area contributed by atoms with E-state index in [0.717, 1.165) is 25.4 Å². The molecule has 2 heterocycles. The highest BCUT2D eigenvalue weighted by molar-refractivity contribution is 7.84. The van der Waals surface area contributed by atoms with E-state index in [4.69, 9.17) is 21.9 Å². The number of thiazole rings is 1. The molecule has 1 aliphatic rings. The number of carbonyl (C=O) groups is 4. The zero-order valence-corrected chi connectivity index (χ0v) is 17.1. The smallest absolute Gasteiger partial charge is 0.363 e. The lowest BCUT2D eigenvalue weighted by atomic mass is 9.95. The summed E-state index contributed by atoms with van der Waals surface area (Å²) in [7, 11) is -3.86. The molecule has 158 valence electrons. The summed E-state index contributed by atoms with van der Waals surface area (Å²) in [5.74, 6) is -3.91. The lowest BCUT2D eigenvalue weighted by molar-refractivity contribution is -0.150. The van der Waals surface area contributed by atoms with Crippen molar-refractivity contribution in [3.63, 3.8) is 0 Å². The molecule has 4 N–H and O–H groups in total. The molecule has 2 rings (SSSR count). The van der Waals surface area contributed by atoms with Gasteiger partial charge in [0, 0.05) is 5.38 Å². The molecule has 0 spiro atoms. The molecular weight excluding hydrogens is 454 g/mol. The third-order valence-corrected chi connectivity index (χ3v) is 6.00. The van der Waals surface area contributed by atoms with E-state index in [9.17, 15) is 27.6 Å². The van der Waals surface area contributed by atoms with Gasteiger partial charge in [0.1, 0.15) is 29.9 Å². The average molecular weight is 468 g/mol. The van der Waals surface area contributed by atoms with Crippen LogP contribution in [0.25, 0.3) is 0 Å². The topological polar surface area (TPSA) is 198 Å². The summed E-state index contributed by atoms with van der Waals surface area (Å²) in [6, 6.07) is -3.19. The number of rotatable bonds is 8. The summed E-state index contributed by atoms with van der Waals surface area (Å²) >= 11 is 6.70. The number of alkyl halides is 1. The summed E-state index contributed by atoms with van der Waals surface area (Å²) < 4.78 is 31.5. The van der Waals surface area contributed by atoms with E-state index in [0.29, 0.717) is 0 Å². The van der Waals surface area contributed by atoms with Crippen LogP contribution in [0.1, 0.15) is 23.0 Å². The average Bonchev–Trinajstić information content (AvgIpc) is 3.08. The number of nitrogens with zero attached hydrogens (tertiary/aromatic N) is 3. The molecule has 3 atom stereocenters. The van der Waals surface area contributed by atoms with Crippen molar-refractivity contribution in [2.24, 2.45) is 10.9 Å². The van der Waals surface area contributed by atoms with Crippen molar-refractivity contribution in [3.8, 4) is 0 Å². The van der Waals surface area contributed by atoms with Crippen molar-refractivity contribution in [1.29, 1.82) is 0 Å². The number of β-lactam (4-membered cyclic amide) rings is 1. The van der Waals surface area contributed by atoms with Crippen LogP contribution in [0, 0.1) is 0 Å². The number of halogens is 1. The molecule has 1 fully saturated rings. The van der Waals surface area contributed by atoms with Crippen molar-refractivity contribution >= 4 is 62.5 Å². The first-order valence-electron chi connectivity index (χ1n) is 7.52. The number of nitrogens with one attached hydrogen (secondary N) is 1. The lowest BCUT2D eigenvalue weighted by Gasteiger charge is -2.42. The molecule has 1 saturated heterocycles. The van der Waals surface area contributed by atoms with Crippen LogP contribution in [0.3, 0.4) is 0 Å². The van der Waals surface area contributed by atoms with Crippen molar-refractivity contribution in [3.05, 3.63) is 16.1 Å². The zero-order chi connectivity index (χ0) is 22.1. The summed E-state index contributed by atoms with van der Waals surface area (Å²) in [5, 5.41) is 5.79. The number of nitrogens with two attached hydrogens (primary N) is 1. The number of carbonyl (C=O) groups excluding carboxylic acids is 4. The fourth-order valence-electron chi connectivity index (χ4n) is 2.40. The second-order valence-electron chi connectivity index (χ2n) is 5.58. The molecule has 0 aromatic carbocycles. The standard InChI is InChI=1S/C13H14ClN5O8S2/c1-4(20)9-8(13(23)19(9)29(24,25)26)17-11(22)7(18-27-2)5-3-28-12(16-5)6(14)10(15)21/h3,6,8-9H,1-2H3,(H2,15,21)(H,17,22)(H,24,25,26)/b18-7-. The van der Waals surface area contributed by atoms with Crippen LogP contribution >= 0.6 is 22.9 Å². The van der Waals surface area contributed by atoms with Gasteiger partial charge in [-0.05, 0) is 6.92 Å². The minimum atomic E-state index is -4.99. The van der Waals surface area contributed by atoms with Crippen molar-refractivity contribution in [2.75, 3.05) is 7.11 Å². The van der Waals surface area contributed by atoms with Gasteiger partial charge in [-0.3, -0.25) is 23.7 Å². The summed E-state index contributed by atoms with van der Waals surface area (Å²) in [4.78, 5) is 55.9. The molecule has 3 amide bonds. The molecule has 0 radical (unpaired) electrons. The van der Waals surface area contributed by atoms with Crippen LogP contribution in [0.2, 0.25) is 0 Å². The van der Waals surface area contributed by atoms with E-state index in [2.05, 4.69) is 20.3 Å². The first kappa shape index (κ1) is 22.7. The Labute approximate surface area is 172 Å². The number of aromatic nitrogens is 1. The Morgan fingerprint density at radius 3 is 2.59 bits per heavy atom. The molecule has 29 heavy (non-hydrogen) atoms. The number of ketones is 1. The number of hydrogen-bond donors (Lipinski definition) is 3. The maximum absolute atomic E-state index is 12.5. The van der Waals surface area contributed by atoms with Gasteiger partial charge in [0.25, 0.3) is 11.8 Å². The number of amides is 3. The minimum Gasteiger partial charge on any atom is -0.398 e. The lowest BCUT2D eigenvalue weighted by Crippen LogP contribution is -2.74. The van der Waals surface area contributed by atoms with Crippen LogP contribution in [0.15, 0.2) is 10.5 Å². The molecule has 0 aliphatic carbocycles. The first-order chi connectivity index (χ1) is 13.4. The zero-order valence-electron chi connectivity index (χ0n) is 14.7. The van der Waals surface area contributed by atoms with E-state index < -0.39 is 57.0 Å². The summed E-state index contributed by atoms with van der Waals surface area (Å²) in [5.41, 5.74) is 4.57. The highest BCUT2D eigenvalue weighted by Crippen LogP contribution is 2.26. The molecule has 0 saturated carbocycles. The molecule has 13 nitrogen and oxygen atoms in total. The van der Waals surface area contributed by atoms with Gasteiger partial charge in [-0.25, -0.2) is 9.29 Å². The van der Waals surface area contributed by atoms with Gasteiger partial charge < -0.3 is 15.9 Å². The SMILES string of the molecule is CO/N=C(\C(=O)NC1C(=O)N(S(=O)(=O)O)C1C(C)=O)c1csc(C(Cl)C(N)=O)n1. The molecule has 1 aromatic heterocycles. The van der Waals surface area contributed by atoms with Gasteiger partial charge in [-0.2, -0.15) is 8.42 Å². The van der Waals surface area contributed by atoms with Gasteiger partial charge in [0.2, 0.25) is 5.91 Å². The van der Waals surface area contributed by atoms with Gasteiger partial charge in [-0.15, -0.1) is 22.9 Å². The number of hydrogen-bond acceptors (Lipinski definition) is 10. The van der Waals surface area contributed by atoms with Gasteiger partial charge >= 0.3 is 10.3 Å². The fraction of sp³-hybridized carbons (Fsp3) is 0.385. The largest absolute Gasteiger partial charge is 0.398 e. The number of primary amides is 1. The molecule has 3 unspecified atom stereocenters. The molecule has 0 bridgehead atoms. The van der Waals surface area contributed by atoms with Crippen LogP contribution in [0.4, 0.5) is 0 Å². The van der Waals surface area contributed by atoms with Crippen LogP contribution in [0.5, 0.6) is 0 Å². The maximum Gasteiger partial charge on any atom is 0.363 e. The number of Topliss-reactive ketones (excluding diaryl/α,β-unsaturated/α-hetero) is 1. The Kier molecular flexibility index (Phi) is 6.56. The van der Waals surface area contributed by atoms with Crippen LogP contribution < -0.4 is 11.1 Å². The van der Waals surface area contributed by atoms with E-state index in [-0.39, 0.29) is 15.0 Å². The van der Waals surface area contributed by atoms with Gasteiger partial charge in [0.15, 0.2) is 16.9 Å². The van der Waals surface area contributed by atoms with E-state index >= 15 is 0 Å². The summed E-state index contributed by atoms with van der Waals surface area (Å²) in [6.07, 6.45) is 0. The second kappa shape index (κ2) is 8.40. The maximum atomic E-state index is 12.5. The predicted molar refractivity (Wildman–Crippen MR) is 98.2 cm³/mol. The Bertz CT molecular complexity index is 1010. The Morgan fingerprint density at radius 1 is 1.48 bits per heavy atom. The second-order valence-corrected chi connectivity index (χ2v) is 8.19. The molecular formula is C13H14ClN5O8S2. The molecule has 16 heteroatoms. The Hall–Kier alpha value is -2.62. The van der Waals surface area contributed by atoms with Crippen molar-refractivity contribution in [1.82, 2.24) is 14.6 Å². The molecule has 1 aromatic rings. The van der Waals surface area contributed by atoms with Gasteiger partial charge in [-0.1, -0.05) is 5.16 Å². The van der Waals surface area contributed by atoms with E-state index in [1.807, 2.05) is 0 Å². The highest BCUT2D eigenvalue weighted by atomic mass is 35.5. The summed E-state index contributed by atoms with van der Waals surface area (Å²) in [6.45, 7) is 0.982.